The SMILES string of the molecule is CO[Si](OC)(C1C(C)C1C)C1C(C)C1C. The van der Waals surface area contributed by atoms with Crippen LogP contribution in [0.5, 0.6) is 0 Å². The molecule has 0 N–H and O–H groups in total. The van der Waals surface area contributed by atoms with Gasteiger partial charge in [0.2, 0.25) is 0 Å². The summed E-state index contributed by atoms with van der Waals surface area (Å²) in [6.45, 7) is 9.36. The van der Waals surface area contributed by atoms with Crippen LogP contribution < -0.4 is 0 Å². The van der Waals surface area contributed by atoms with Gasteiger partial charge in [-0.15, -0.1) is 0 Å². The predicted octanol–water partition coefficient (Wildman–Crippen LogP) is 3.03. The zero-order valence-corrected chi connectivity index (χ0v) is 11.8. The number of hydrogen-bond acceptors (Lipinski definition) is 2. The van der Waals surface area contributed by atoms with Crippen molar-refractivity contribution >= 4 is 8.56 Å². The lowest BCUT2D eigenvalue weighted by atomic mass is 10.4. The quantitative estimate of drug-likeness (QED) is 0.689. The van der Waals surface area contributed by atoms with Gasteiger partial charge in [0.05, 0.1) is 0 Å². The molecule has 2 fully saturated rings. The first-order valence-corrected chi connectivity index (χ1v) is 8.08. The largest absolute Gasteiger partial charge is 0.397 e. The molecule has 0 aliphatic heterocycles. The van der Waals surface area contributed by atoms with Crippen LogP contribution in [-0.2, 0) is 8.85 Å². The van der Waals surface area contributed by atoms with E-state index in [1.807, 2.05) is 14.2 Å². The molecule has 0 spiro atoms. The van der Waals surface area contributed by atoms with Crippen LogP contribution in [0.1, 0.15) is 27.7 Å². The first-order chi connectivity index (χ1) is 7.01. The molecule has 88 valence electrons. The lowest BCUT2D eigenvalue weighted by Gasteiger charge is -2.29. The molecule has 0 aromatic heterocycles. The van der Waals surface area contributed by atoms with E-state index >= 15 is 0 Å². The molecule has 0 saturated heterocycles. The van der Waals surface area contributed by atoms with Crippen LogP contribution in [0.25, 0.3) is 0 Å². The number of rotatable bonds is 4. The minimum atomic E-state index is -1.93. The van der Waals surface area contributed by atoms with E-state index in [-0.39, 0.29) is 0 Å². The first kappa shape index (κ1) is 11.6. The van der Waals surface area contributed by atoms with Gasteiger partial charge in [0.25, 0.3) is 0 Å². The van der Waals surface area contributed by atoms with Gasteiger partial charge < -0.3 is 8.85 Å². The Hall–Kier alpha value is 0.137. The number of hydrogen-bond donors (Lipinski definition) is 0. The van der Waals surface area contributed by atoms with Crippen LogP contribution in [0, 0.1) is 23.7 Å². The lowest BCUT2D eigenvalue weighted by Crippen LogP contribution is -2.43. The molecular weight excluding hydrogens is 204 g/mol. The Morgan fingerprint density at radius 1 is 0.667 bits per heavy atom. The highest BCUT2D eigenvalue weighted by molar-refractivity contribution is 6.72. The molecule has 0 heterocycles. The minimum Gasteiger partial charge on any atom is -0.397 e. The Labute approximate surface area is 94.6 Å². The van der Waals surface area contributed by atoms with E-state index in [0.717, 1.165) is 34.8 Å². The molecule has 15 heavy (non-hydrogen) atoms. The van der Waals surface area contributed by atoms with Crippen molar-refractivity contribution in [2.45, 2.75) is 38.8 Å². The van der Waals surface area contributed by atoms with Crippen molar-refractivity contribution in [1.29, 1.82) is 0 Å². The zero-order chi connectivity index (χ0) is 11.4. The van der Waals surface area contributed by atoms with Gasteiger partial charge in [-0.3, -0.25) is 0 Å². The van der Waals surface area contributed by atoms with Gasteiger partial charge in [-0.2, -0.15) is 0 Å². The molecule has 0 aromatic rings. The second kappa shape index (κ2) is 3.57. The van der Waals surface area contributed by atoms with Crippen molar-refractivity contribution in [1.82, 2.24) is 0 Å². The third-order valence-electron chi connectivity index (χ3n) is 5.21. The molecule has 4 atom stereocenters. The third-order valence-corrected chi connectivity index (χ3v) is 10.4. The van der Waals surface area contributed by atoms with Crippen molar-refractivity contribution in [3.63, 3.8) is 0 Å². The van der Waals surface area contributed by atoms with E-state index in [1.54, 1.807) is 0 Å². The maximum absolute atomic E-state index is 5.93. The van der Waals surface area contributed by atoms with E-state index < -0.39 is 8.56 Å². The topological polar surface area (TPSA) is 18.5 Å². The first-order valence-electron chi connectivity index (χ1n) is 6.11. The molecule has 2 aliphatic rings. The van der Waals surface area contributed by atoms with Crippen LogP contribution in [-0.4, -0.2) is 22.8 Å². The van der Waals surface area contributed by atoms with Crippen molar-refractivity contribution < 1.29 is 8.85 Å². The van der Waals surface area contributed by atoms with E-state index in [4.69, 9.17) is 8.85 Å². The smallest absolute Gasteiger partial charge is 0.345 e. The highest BCUT2D eigenvalue weighted by Crippen LogP contribution is 2.68. The molecule has 2 aliphatic carbocycles. The van der Waals surface area contributed by atoms with E-state index in [2.05, 4.69) is 27.7 Å². The summed E-state index contributed by atoms with van der Waals surface area (Å²) in [5, 5.41) is 0. The fourth-order valence-corrected chi connectivity index (χ4v) is 9.26. The van der Waals surface area contributed by atoms with E-state index in [1.165, 1.54) is 0 Å². The minimum absolute atomic E-state index is 0.727. The van der Waals surface area contributed by atoms with Gasteiger partial charge in [-0.1, -0.05) is 27.7 Å². The van der Waals surface area contributed by atoms with Crippen LogP contribution in [0.4, 0.5) is 0 Å². The van der Waals surface area contributed by atoms with Crippen LogP contribution in [0.15, 0.2) is 0 Å². The average molecular weight is 228 g/mol. The summed E-state index contributed by atoms with van der Waals surface area (Å²) in [6.07, 6.45) is 0. The second-order valence-electron chi connectivity index (χ2n) is 5.62. The molecule has 4 unspecified atom stereocenters. The van der Waals surface area contributed by atoms with E-state index in [0.29, 0.717) is 0 Å². The summed E-state index contributed by atoms with van der Waals surface area (Å²) in [5.41, 5.74) is 1.45. The molecule has 0 bridgehead atoms. The van der Waals surface area contributed by atoms with Crippen LogP contribution in [0.2, 0.25) is 11.1 Å². The van der Waals surface area contributed by atoms with Crippen LogP contribution in [0.3, 0.4) is 0 Å². The Morgan fingerprint density at radius 3 is 1.07 bits per heavy atom. The monoisotopic (exact) mass is 228 g/mol. The summed E-state index contributed by atoms with van der Waals surface area (Å²) in [6, 6.07) is 0. The summed E-state index contributed by atoms with van der Waals surface area (Å²) in [7, 11) is 1.80. The molecule has 0 amide bonds. The zero-order valence-electron chi connectivity index (χ0n) is 10.8. The average Bonchev–Trinajstić information content (AvgIpc) is 3.02. The van der Waals surface area contributed by atoms with Gasteiger partial charge >= 0.3 is 8.56 Å². The molecule has 3 heteroatoms. The van der Waals surface area contributed by atoms with Crippen molar-refractivity contribution in [3.8, 4) is 0 Å². The van der Waals surface area contributed by atoms with Gasteiger partial charge in [-0.05, 0) is 23.7 Å². The maximum Gasteiger partial charge on any atom is 0.345 e. The fraction of sp³-hybridized carbons (Fsp3) is 1.00. The van der Waals surface area contributed by atoms with Crippen molar-refractivity contribution in [3.05, 3.63) is 0 Å². The fourth-order valence-electron chi connectivity index (χ4n) is 3.64. The molecule has 2 saturated carbocycles. The third kappa shape index (κ3) is 1.43. The molecule has 0 radical (unpaired) electrons. The Bertz CT molecular complexity index is 214. The van der Waals surface area contributed by atoms with Crippen molar-refractivity contribution in [2.24, 2.45) is 23.7 Å². The van der Waals surface area contributed by atoms with Gasteiger partial charge in [0.15, 0.2) is 0 Å². The molecular formula is C12H24O2Si. The second-order valence-corrected chi connectivity index (χ2v) is 9.21. The van der Waals surface area contributed by atoms with E-state index in [9.17, 15) is 0 Å². The highest BCUT2D eigenvalue weighted by atomic mass is 28.4. The predicted molar refractivity (Wildman–Crippen MR) is 63.9 cm³/mol. The lowest BCUT2D eigenvalue weighted by molar-refractivity contribution is 0.232. The maximum atomic E-state index is 5.93. The Balaban J connectivity index is 2.18. The summed E-state index contributed by atoms with van der Waals surface area (Å²) >= 11 is 0. The van der Waals surface area contributed by atoms with Crippen molar-refractivity contribution in [2.75, 3.05) is 14.2 Å². The normalized spacial score (nSPS) is 49.2. The molecule has 2 rings (SSSR count). The highest BCUT2D eigenvalue weighted by Gasteiger charge is 2.71. The summed E-state index contributed by atoms with van der Waals surface area (Å²) in [5.74, 6) is 3.21. The Morgan fingerprint density at radius 2 is 0.933 bits per heavy atom. The summed E-state index contributed by atoms with van der Waals surface area (Å²) < 4.78 is 11.9. The molecule has 2 nitrogen and oxygen atoms in total. The van der Waals surface area contributed by atoms with Crippen LogP contribution >= 0.6 is 0 Å². The van der Waals surface area contributed by atoms with Gasteiger partial charge in [0.1, 0.15) is 0 Å². The Kier molecular flexibility index (Phi) is 2.77. The van der Waals surface area contributed by atoms with Gasteiger partial charge in [0, 0.05) is 25.3 Å². The molecule has 0 aromatic carbocycles. The van der Waals surface area contributed by atoms with Gasteiger partial charge in [-0.25, -0.2) is 0 Å². The summed E-state index contributed by atoms with van der Waals surface area (Å²) in [4.78, 5) is 0. The standard InChI is InChI=1S/C12H24O2Si/c1-7-8(2)11(7)15(13-5,14-6)12-9(3)10(12)4/h7-12H,1-6H3.